The molecule has 0 aromatic rings. The lowest BCUT2D eigenvalue weighted by Gasteiger charge is -2.21. The van der Waals surface area contributed by atoms with Crippen LogP contribution in [-0.2, 0) is 4.79 Å². The molecular formula is C9H19ClN2O. The molecule has 13 heavy (non-hydrogen) atoms. The molecule has 0 radical (unpaired) electrons. The number of rotatable bonds is 1. The molecule has 0 aliphatic carbocycles. The van der Waals surface area contributed by atoms with Gasteiger partial charge in [0.15, 0.2) is 0 Å². The van der Waals surface area contributed by atoms with Crippen LogP contribution in [0.25, 0.3) is 0 Å². The van der Waals surface area contributed by atoms with E-state index in [1.165, 1.54) is 0 Å². The van der Waals surface area contributed by atoms with Crippen molar-refractivity contribution in [2.45, 2.75) is 20.3 Å². The van der Waals surface area contributed by atoms with Gasteiger partial charge in [-0.15, -0.1) is 12.4 Å². The van der Waals surface area contributed by atoms with Crippen molar-refractivity contribution in [3.8, 4) is 0 Å². The summed E-state index contributed by atoms with van der Waals surface area (Å²) in [7, 11) is 0. The van der Waals surface area contributed by atoms with Crippen LogP contribution in [0.1, 0.15) is 20.3 Å². The highest BCUT2D eigenvalue weighted by molar-refractivity contribution is 5.85. The number of carbonyl (C=O) groups excluding carboxylic acids is 1. The molecular weight excluding hydrogens is 188 g/mol. The fraction of sp³-hybridized carbons (Fsp3) is 0.889. The van der Waals surface area contributed by atoms with Gasteiger partial charge < -0.3 is 10.2 Å². The minimum Gasteiger partial charge on any atom is -0.341 e. The molecule has 0 saturated carbocycles. The molecule has 1 aliphatic heterocycles. The van der Waals surface area contributed by atoms with Crippen molar-refractivity contribution >= 4 is 18.3 Å². The molecule has 78 valence electrons. The first-order valence-electron chi connectivity index (χ1n) is 4.71. The van der Waals surface area contributed by atoms with Crippen molar-refractivity contribution in [3.05, 3.63) is 0 Å². The average molecular weight is 207 g/mol. The highest BCUT2D eigenvalue weighted by atomic mass is 35.5. The Labute approximate surface area is 86.3 Å². The van der Waals surface area contributed by atoms with E-state index in [9.17, 15) is 4.79 Å². The first-order chi connectivity index (χ1) is 5.72. The summed E-state index contributed by atoms with van der Waals surface area (Å²) in [6.07, 6.45) is 1.08. The lowest BCUT2D eigenvalue weighted by molar-refractivity contribution is -0.134. The molecule has 0 spiro atoms. The van der Waals surface area contributed by atoms with Crippen LogP contribution in [0.15, 0.2) is 0 Å². The molecule has 0 atom stereocenters. The smallest absolute Gasteiger partial charge is 0.225 e. The van der Waals surface area contributed by atoms with Crippen LogP contribution in [-0.4, -0.2) is 37.0 Å². The van der Waals surface area contributed by atoms with E-state index < -0.39 is 0 Å². The van der Waals surface area contributed by atoms with Crippen LogP contribution in [0.3, 0.4) is 0 Å². The average Bonchev–Trinajstić information content (AvgIpc) is 2.30. The minimum atomic E-state index is 0. The second kappa shape index (κ2) is 6.22. The van der Waals surface area contributed by atoms with Crippen LogP contribution in [0.4, 0.5) is 0 Å². The lowest BCUT2D eigenvalue weighted by atomic mass is 10.2. The van der Waals surface area contributed by atoms with Gasteiger partial charge in [0.25, 0.3) is 0 Å². The van der Waals surface area contributed by atoms with Crippen molar-refractivity contribution in [1.29, 1.82) is 0 Å². The van der Waals surface area contributed by atoms with E-state index in [4.69, 9.17) is 0 Å². The van der Waals surface area contributed by atoms with Gasteiger partial charge in [0.2, 0.25) is 5.91 Å². The van der Waals surface area contributed by atoms with Crippen molar-refractivity contribution < 1.29 is 4.79 Å². The molecule has 0 aromatic carbocycles. The van der Waals surface area contributed by atoms with Gasteiger partial charge in [-0.3, -0.25) is 4.79 Å². The number of hydrogen-bond acceptors (Lipinski definition) is 2. The highest BCUT2D eigenvalue weighted by Gasteiger charge is 2.17. The summed E-state index contributed by atoms with van der Waals surface area (Å²) in [5.74, 6) is 0.432. The first kappa shape index (κ1) is 12.7. The summed E-state index contributed by atoms with van der Waals surface area (Å²) in [6, 6.07) is 0. The van der Waals surface area contributed by atoms with Crippen molar-refractivity contribution in [2.24, 2.45) is 5.92 Å². The summed E-state index contributed by atoms with van der Waals surface area (Å²) in [6.45, 7) is 7.70. The maximum absolute atomic E-state index is 11.5. The molecule has 0 aromatic heterocycles. The molecule has 1 saturated heterocycles. The quantitative estimate of drug-likeness (QED) is 0.691. The van der Waals surface area contributed by atoms with E-state index in [2.05, 4.69) is 5.32 Å². The Morgan fingerprint density at radius 1 is 1.31 bits per heavy atom. The van der Waals surface area contributed by atoms with Gasteiger partial charge in [-0.1, -0.05) is 13.8 Å². The van der Waals surface area contributed by atoms with Crippen LogP contribution in [0.5, 0.6) is 0 Å². The zero-order chi connectivity index (χ0) is 8.97. The number of amides is 1. The molecule has 1 fully saturated rings. The van der Waals surface area contributed by atoms with Gasteiger partial charge in [-0.05, 0) is 13.0 Å². The predicted molar refractivity (Wildman–Crippen MR) is 56.2 cm³/mol. The van der Waals surface area contributed by atoms with Crippen LogP contribution >= 0.6 is 12.4 Å². The molecule has 0 bridgehead atoms. The number of nitrogens with zero attached hydrogens (tertiary/aromatic N) is 1. The molecule has 1 rings (SSSR count). The largest absolute Gasteiger partial charge is 0.341 e. The van der Waals surface area contributed by atoms with E-state index >= 15 is 0 Å². The summed E-state index contributed by atoms with van der Waals surface area (Å²) >= 11 is 0. The zero-order valence-corrected chi connectivity index (χ0v) is 9.19. The molecule has 0 unspecified atom stereocenters. The number of hydrogen-bond donors (Lipinski definition) is 1. The minimum absolute atomic E-state index is 0. The Balaban J connectivity index is 0.00000144. The molecule has 3 nitrogen and oxygen atoms in total. The Morgan fingerprint density at radius 2 is 2.00 bits per heavy atom. The van der Waals surface area contributed by atoms with Crippen molar-refractivity contribution in [1.82, 2.24) is 10.2 Å². The fourth-order valence-corrected chi connectivity index (χ4v) is 1.43. The van der Waals surface area contributed by atoms with Crippen LogP contribution in [0, 0.1) is 5.92 Å². The third-order valence-electron chi connectivity index (χ3n) is 2.15. The Bertz CT molecular complexity index is 154. The van der Waals surface area contributed by atoms with E-state index in [0.717, 1.165) is 32.6 Å². The summed E-state index contributed by atoms with van der Waals surface area (Å²) in [5.41, 5.74) is 0. The Kier molecular flexibility index (Phi) is 6.08. The zero-order valence-electron chi connectivity index (χ0n) is 8.38. The number of nitrogens with one attached hydrogen (secondary N) is 1. The summed E-state index contributed by atoms with van der Waals surface area (Å²) in [5, 5.41) is 3.28. The fourth-order valence-electron chi connectivity index (χ4n) is 1.43. The normalized spacial score (nSPS) is 17.9. The second-order valence-corrected chi connectivity index (χ2v) is 3.58. The van der Waals surface area contributed by atoms with Gasteiger partial charge in [0.05, 0.1) is 0 Å². The van der Waals surface area contributed by atoms with E-state index in [1.807, 2.05) is 18.7 Å². The van der Waals surface area contributed by atoms with E-state index in [1.54, 1.807) is 0 Å². The standard InChI is InChI=1S/C9H18N2O.ClH/c1-8(2)9(12)11-6-3-4-10-5-7-11;/h8,10H,3-7H2,1-2H3;1H. The lowest BCUT2D eigenvalue weighted by Crippen LogP contribution is -2.36. The highest BCUT2D eigenvalue weighted by Crippen LogP contribution is 2.03. The summed E-state index contributed by atoms with van der Waals surface area (Å²) in [4.78, 5) is 13.5. The van der Waals surface area contributed by atoms with Crippen LogP contribution in [0.2, 0.25) is 0 Å². The van der Waals surface area contributed by atoms with Crippen LogP contribution < -0.4 is 5.32 Å². The SMILES string of the molecule is CC(C)C(=O)N1CCCNCC1.Cl. The van der Waals surface area contributed by atoms with E-state index in [-0.39, 0.29) is 18.3 Å². The van der Waals surface area contributed by atoms with Gasteiger partial charge in [-0.2, -0.15) is 0 Å². The summed E-state index contributed by atoms with van der Waals surface area (Å²) < 4.78 is 0. The third kappa shape index (κ3) is 3.96. The van der Waals surface area contributed by atoms with Gasteiger partial charge in [0, 0.05) is 25.6 Å². The number of carbonyl (C=O) groups is 1. The molecule has 1 heterocycles. The maximum Gasteiger partial charge on any atom is 0.225 e. The molecule has 4 heteroatoms. The van der Waals surface area contributed by atoms with Gasteiger partial charge in [0.1, 0.15) is 0 Å². The second-order valence-electron chi connectivity index (χ2n) is 3.58. The topological polar surface area (TPSA) is 32.3 Å². The van der Waals surface area contributed by atoms with Crippen molar-refractivity contribution in [2.75, 3.05) is 26.2 Å². The Morgan fingerprint density at radius 3 is 2.62 bits per heavy atom. The van der Waals surface area contributed by atoms with E-state index in [0.29, 0.717) is 5.91 Å². The molecule has 1 aliphatic rings. The maximum atomic E-state index is 11.5. The first-order valence-corrected chi connectivity index (χ1v) is 4.71. The van der Waals surface area contributed by atoms with Gasteiger partial charge in [-0.25, -0.2) is 0 Å². The van der Waals surface area contributed by atoms with Crippen molar-refractivity contribution in [3.63, 3.8) is 0 Å². The van der Waals surface area contributed by atoms with Gasteiger partial charge >= 0.3 is 0 Å². The third-order valence-corrected chi connectivity index (χ3v) is 2.15. The number of halogens is 1. The Hall–Kier alpha value is -0.280. The monoisotopic (exact) mass is 206 g/mol. The molecule has 1 N–H and O–H groups in total. The predicted octanol–water partition coefficient (Wildman–Crippen LogP) is 0.886. The molecule has 1 amide bonds.